The van der Waals surface area contributed by atoms with Crippen LogP contribution in [0.2, 0.25) is 0 Å². The highest BCUT2D eigenvalue weighted by molar-refractivity contribution is 6.63. The first-order valence-electron chi connectivity index (χ1n) is 17.9. The van der Waals surface area contributed by atoms with Crippen molar-refractivity contribution in [3.63, 3.8) is 0 Å². The molecule has 0 amide bonds. The highest BCUT2D eigenvalue weighted by Gasteiger charge is 2.02. The maximum atomic E-state index is 12.1. The van der Waals surface area contributed by atoms with E-state index in [1.54, 1.807) is 0 Å². The number of carbonyl (C=O) groups excluding carboxylic acids is 2. The molecule has 0 fully saturated rings. The molecule has 2 nitrogen and oxygen atoms in total. The zero-order chi connectivity index (χ0) is 28.5. The summed E-state index contributed by atoms with van der Waals surface area (Å²) in [4.78, 5) is 22.8. The Morgan fingerprint density at radius 1 is 0.333 bits per heavy atom. The lowest BCUT2D eigenvalue weighted by atomic mass is 10.0. The number of unbranched alkanes of at least 4 members (excludes halogenated alkanes) is 28. The van der Waals surface area contributed by atoms with E-state index in [0.717, 1.165) is 38.5 Å². The lowest BCUT2D eigenvalue weighted by Gasteiger charge is -2.04. The van der Waals surface area contributed by atoms with E-state index < -0.39 is 0 Å². The van der Waals surface area contributed by atoms with Gasteiger partial charge in [-0.05, 0) is 30.9 Å². The minimum Gasteiger partial charge on any atom is -0.300 e. The molecule has 0 heterocycles. The Morgan fingerprint density at radius 2 is 0.538 bits per heavy atom. The highest BCUT2D eigenvalue weighted by atomic mass is 35.5. The van der Waals surface area contributed by atoms with E-state index >= 15 is 0 Å². The van der Waals surface area contributed by atoms with Crippen LogP contribution in [-0.2, 0) is 9.59 Å². The molecule has 0 aromatic carbocycles. The zero-order valence-corrected chi connectivity index (χ0v) is 27.3. The van der Waals surface area contributed by atoms with Crippen LogP contribution in [0.15, 0.2) is 0 Å². The number of Topliss-reactive ketones (excluding diaryl/α,β-unsaturated/α-hetero) is 1. The van der Waals surface area contributed by atoms with Crippen LogP contribution in [0, 0.1) is 0 Å². The molecule has 0 radical (unpaired) electrons. The number of hydrogen-bond donors (Lipinski definition) is 0. The molecule has 0 rings (SSSR count). The maximum absolute atomic E-state index is 12.1. The minimum atomic E-state index is -0.189. The van der Waals surface area contributed by atoms with Crippen molar-refractivity contribution in [3.05, 3.63) is 0 Å². The molecule has 0 spiro atoms. The molecule has 0 aromatic rings. The number of rotatable bonds is 34. The standard InChI is InChI=1S/C36H69ClO2/c1-2-3-4-5-6-7-8-9-11-14-17-20-23-26-29-32-35(38)33-30-27-24-21-18-15-12-10-13-16-19-22-25-28-31-34-36(37)39/h2-34H2,1H3. The molecule has 232 valence electrons. The first-order chi connectivity index (χ1) is 19.2. The summed E-state index contributed by atoms with van der Waals surface area (Å²) in [6.45, 7) is 2.29. The van der Waals surface area contributed by atoms with Crippen molar-refractivity contribution >= 4 is 22.6 Å². The van der Waals surface area contributed by atoms with Gasteiger partial charge in [0.15, 0.2) is 0 Å². The molecule has 0 saturated heterocycles. The van der Waals surface area contributed by atoms with Crippen LogP contribution in [0.5, 0.6) is 0 Å². The molecule has 0 bridgehead atoms. The van der Waals surface area contributed by atoms with Crippen LogP contribution >= 0.6 is 11.6 Å². The van der Waals surface area contributed by atoms with Crippen molar-refractivity contribution in [1.82, 2.24) is 0 Å². The lowest BCUT2D eigenvalue weighted by Crippen LogP contribution is -1.97. The van der Waals surface area contributed by atoms with E-state index in [4.69, 9.17) is 11.6 Å². The summed E-state index contributed by atoms with van der Waals surface area (Å²) in [6, 6.07) is 0. The molecular weight excluding hydrogens is 500 g/mol. The number of carbonyl (C=O) groups is 2. The largest absolute Gasteiger partial charge is 0.300 e. The van der Waals surface area contributed by atoms with E-state index in [2.05, 4.69) is 6.92 Å². The summed E-state index contributed by atoms with van der Waals surface area (Å²) in [5.41, 5.74) is 0. The monoisotopic (exact) mass is 568 g/mol. The predicted molar refractivity (Wildman–Crippen MR) is 174 cm³/mol. The third-order valence-electron chi connectivity index (χ3n) is 8.39. The van der Waals surface area contributed by atoms with Gasteiger partial charge in [0.2, 0.25) is 5.24 Å². The van der Waals surface area contributed by atoms with E-state index in [1.807, 2.05) is 0 Å². The van der Waals surface area contributed by atoms with Gasteiger partial charge in [0.05, 0.1) is 0 Å². The summed E-state index contributed by atoms with van der Waals surface area (Å²) in [6.07, 6.45) is 42.2. The third-order valence-corrected chi connectivity index (χ3v) is 8.58. The molecule has 3 heteroatoms. The zero-order valence-electron chi connectivity index (χ0n) is 26.5. The molecule has 0 aliphatic carbocycles. The Balaban J connectivity index is 3.15. The first kappa shape index (κ1) is 38.6. The van der Waals surface area contributed by atoms with Crippen LogP contribution in [0.3, 0.4) is 0 Å². The predicted octanol–water partition coefficient (Wildman–Crippen LogP) is 13.2. The van der Waals surface area contributed by atoms with Crippen molar-refractivity contribution in [2.75, 3.05) is 0 Å². The smallest absolute Gasteiger partial charge is 0.221 e. The van der Waals surface area contributed by atoms with E-state index in [-0.39, 0.29) is 5.24 Å². The highest BCUT2D eigenvalue weighted by Crippen LogP contribution is 2.16. The van der Waals surface area contributed by atoms with Crippen LogP contribution in [0.25, 0.3) is 0 Å². The lowest BCUT2D eigenvalue weighted by molar-refractivity contribution is -0.119. The number of hydrogen-bond acceptors (Lipinski definition) is 2. The molecule has 0 unspecified atom stereocenters. The summed E-state index contributed by atoms with van der Waals surface area (Å²) in [5, 5.41) is -0.189. The van der Waals surface area contributed by atoms with Crippen LogP contribution < -0.4 is 0 Å². The minimum absolute atomic E-state index is 0.189. The van der Waals surface area contributed by atoms with Gasteiger partial charge in [-0.15, -0.1) is 0 Å². The number of halogens is 1. The molecule has 0 aliphatic rings. The first-order valence-corrected chi connectivity index (χ1v) is 18.2. The van der Waals surface area contributed by atoms with Gasteiger partial charge in [0, 0.05) is 19.3 Å². The van der Waals surface area contributed by atoms with E-state index in [1.165, 1.54) is 167 Å². The van der Waals surface area contributed by atoms with Crippen LogP contribution in [0.4, 0.5) is 0 Å². The Bertz CT molecular complexity index is 504. The maximum Gasteiger partial charge on any atom is 0.221 e. The second-order valence-corrected chi connectivity index (χ2v) is 12.8. The molecule has 0 aliphatic heterocycles. The Hall–Kier alpha value is -0.370. The van der Waals surface area contributed by atoms with Crippen LogP contribution in [-0.4, -0.2) is 11.0 Å². The Labute approximate surface area is 250 Å². The van der Waals surface area contributed by atoms with E-state index in [9.17, 15) is 9.59 Å². The van der Waals surface area contributed by atoms with Gasteiger partial charge in [0.25, 0.3) is 0 Å². The number of ketones is 1. The van der Waals surface area contributed by atoms with Crippen molar-refractivity contribution in [2.45, 2.75) is 219 Å². The van der Waals surface area contributed by atoms with E-state index in [0.29, 0.717) is 12.2 Å². The molecular formula is C36H69ClO2. The van der Waals surface area contributed by atoms with Gasteiger partial charge in [-0.3, -0.25) is 9.59 Å². The normalized spacial score (nSPS) is 11.3. The molecule has 0 aromatic heterocycles. The second kappa shape index (κ2) is 33.8. The summed E-state index contributed by atoms with van der Waals surface area (Å²) < 4.78 is 0. The van der Waals surface area contributed by atoms with Crippen molar-refractivity contribution < 1.29 is 9.59 Å². The summed E-state index contributed by atoms with van der Waals surface area (Å²) >= 11 is 5.36. The van der Waals surface area contributed by atoms with Gasteiger partial charge < -0.3 is 0 Å². The SMILES string of the molecule is CCCCCCCCCCCCCCCCCC(=O)CCCCCCCCCCCCCCCCCC(=O)Cl. The second-order valence-electron chi connectivity index (χ2n) is 12.4. The fourth-order valence-electron chi connectivity index (χ4n) is 5.70. The van der Waals surface area contributed by atoms with Crippen molar-refractivity contribution in [2.24, 2.45) is 0 Å². The van der Waals surface area contributed by atoms with Crippen LogP contribution in [0.1, 0.15) is 219 Å². The fraction of sp³-hybridized carbons (Fsp3) is 0.944. The quantitative estimate of drug-likeness (QED) is 0.0571. The van der Waals surface area contributed by atoms with Gasteiger partial charge in [-0.2, -0.15) is 0 Å². The molecule has 39 heavy (non-hydrogen) atoms. The molecule has 0 saturated carbocycles. The third kappa shape index (κ3) is 35.6. The van der Waals surface area contributed by atoms with Gasteiger partial charge in [0.1, 0.15) is 5.78 Å². The average Bonchev–Trinajstić information content (AvgIpc) is 2.92. The molecule has 0 N–H and O–H groups in total. The van der Waals surface area contributed by atoms with Gasteiger partial charge in [-0.1, -0.05) is 180 Å². The van der Waals surface area contributed by atoms with Gasteiger partial charge in [-0.25, -0.2) is 0 Å². The Morgan fingerprint density at radius 3 is 0.769 bits per heavy atom. The summed E-state index contributed by atoms with van der Waals surface area (Å²) in [7, 11) is 0. The van der Waals surface area contributed by atoms with Crippen molar-refractivity contribution in [3.8, 4) is 0 Å². The van der Waals surface area contributed by atoms with Gasteiger partial charge >= 0.3 is 0 Å². The Kier molecular flexibility index (Phi) is 33.5. The summed E-state index contributed by atoms with van der Waals surface area (Å²) in [5.74, 6) is 0.509. The van der Waals surface area contributed by atoms with Crippen molar-refractivity contribution in [1.29, 1.82) is 0 Å². The fourth-order valence-corrected chi connectivity index (χ4v) is 5.84. The molecule has 0 atom stereocenters. The topological polar surface area (TPSA) is 34.1 Å². The average molecular weight is 569 g/mol.